The molecule has 2 aromatic heterocycles. The van der Waals surface area contributed by atoms with E-state index in [1.165, 1.54) is 4.88 Å². The molecule has 108 valence electrons. The Hall–Kier alpha value is -2.18. The monoisotopic (exact) mass is 300 g/mol. The Kier molecular flexibility index (Phi) is 4.28. The summed E-state index contributed by atoms with van der Waals surface area (Å²) in [6.45, 7) is 0.820. The second-order valence-electron chi connectivity index (χ2n) is 4.62. The molecule has 0 fully saturated rings. The standard InChI is InChI=1S/C15H16N4OS/c20-11-13-10-19(18-17-13)14-5-3-12(4-6-14)16-8-7-15-2-1-9-21-15/h1-6,9-10,16,20H,7-8,11H2. The third kappa shape index (κ3) is 3.48. The Morgan fingerprint density at radius 2 is 2.05 bits per heavy atom. The summed E-state index contributed by atoms with van der Waals surface area (Å²) in [5.41, 5.74) is 2.57. The lowest BCUT2D eigenvalue weighted by molar-refractivity contribution is 0.276. The zero-order valence-corrected chi connectivity index (χ0v) is 12.3. The quantitative estimate of drug-likeness (QED) is 0.734. The molecular weight excluding hydrogens is 284 g/mol. The van der Waals surface area contributed by atoms with Crippen LogP contribution in [0.2, 0.25) is 0 Å². The first-order chi connectivity index (χ1) is 10.3. The van der Waals surface area contributed by atoms with Crippen LogP contribution in [0.15, 0.2) is 48.0 Å². The van der Waals surface area contributed by atoms with Crippen molar-refractivity contribution in [2.24, 2.45) is 0 Å². The van der Waals surface area contributed by atoms with Gasteiger partial charge in [0.2, 0.25) is 0 Å². The molecule has 2 N–H and O–H groups in total. The summed E-state index contributed by atoms with van der Waals surface area (Å²) in [5.74, 6) is 0. The number of hydrogen-bond acceptors (Lipinski definition) is 5. The van der Waals surface area contributed by atoms with E-state index in [9.17, 15) is 0 Å². The van der Waals surface area contributed by atoms with Crippen molar-refractivity contribution >= 4 is 17.0 Å². The summed E-state index contributed by atoms with van der Waals surface area (Å²) in [7, 11) is 0. The molecule has 21 heavy (non-hydrogen) atoms. The smallest absolute Gasteiger partial charge is 0.109 e. The number of aliphatic hydroxyl groups is 1. The van der Waals surface area contributed by atoms with Crippen LogP contribution in [0.5, 0.6) is 0 Å². The average molecular weight is 300 g/mol. The Labute approximate surface area is 126 Å². The molecule has 0 aliphatic heterocycles. The summed E-state index contributed by atoms with van der Waals surface area (Å²) in [6.07, 6.45) is 2.75. The maximum atomic E-state index is 8.99. The van der Waals surface area contributed by atoms with Gasteiger partial charge in [-0.1, -0.05) is 11.3 Å². The van der Waals surface area contributed by atoms with Crippen LogP contribution in [0.4, 0.5) is 5.69 Å². The number of hydrogen-bond donors (Lipinski definition) is 2. The average Bonchev–Trinajstić information content (AvgIpc) is 3.19. The third-order valence-corrected chi connectivity index (χ3v) is 4.05. The maximum absolute atomic E-state index is 8.99. The predicted octanol–water partition coefficient (Wildman–Crippen LogP) is 2.48. The first-order valence-electron chi connectivity index (χ1n) is 6.74. The lowest BCUT2D eigenvalue weighted by atomic mass is 10.2. The van der Waals surface area contributed by atoms with E-state index in [1.54, 1.807) is 22.2 Å². The zero-order valence-electron chi connectivity index (χ0n) is 11.4. The van der Waals surface area contributed by atoms with Crippen molar-refractivity contribution in [1.29, 1.82) is 0 Å². The summed E-state index contributed by atoms with van der Waals surface area (Å²) in [5, 5.41) is 22.3. The minimum atomic E-state index is -0.0949. The van der Waals surface area contributed by atoms with Gasteiger partial charge >= 0.3 is 0 Å². The Bertz CT molecular complexity index is 676. The van der Waals surface area contributed by atoms with Crippen molar-refractivity contribution < 1.29 is 5.11 Å². The Morgan fingerprint density at radius 3 is 2.71 bits per heavy atom. The third-order valence-electron chi connectivity index (χ3n) is 3.12. The Balaban J connectivity index is 1.58. The number of aliphatic hydroxyl groups excluding tert-OH is 1. The van der Waals surface area contributed by atoms with Crippen LogP contribution in [0, 0.1) is 0 Å². The van der Waals surface area contributed by atoms with Crippen LogP contribution in [0.25, 0.3) is 5.69 Å². The summed E-state index contributed by atoms with van der Waals surface area (Å²) in [6, 6.07) is 12.2. The molecule has 3 rings (SSSR count). The first kappa shape index (κ1) is 13.8. The van der Waals surface area contributed by atoms with Crippen molar-refractivity contribution in [1.82, 2.24) is 15.0 Å². The number of benzene rings is 1. The molecule has 0 bridgehead atoms. The van der Waals surface area contributed by atoms with Crippen molar-refractivity contribution in [2.45, 2.75) is 13.0 Å². The molecule has 1 aromatic carbocycles. The van der Waals surface area contributed by atoms with Crippen LogP contribution in [-0.2, 0) is 13.0 Å². The molecule has 0 unspecified atom stereocenters. The normalized spacial score (nSPS) is 10.7. The van der Waals surface area contributed by atoms with E-state index in [4.69, 9.17) is 5.11 Å². The number of rotatable bonds is 6. The van der Waals surface area contributed by atoms with Gasteiger partial charge in [-0.3, -0.25) is 0 Å². The van der Waals surface area contributed by atoms with Crippen molar-refractivity contribution in [3.8, 4) is 5.69 Å². The van der Waals surface area contributed by atoms with Gasteiger partial charge in [-0.05, 0) is 42.1 Å². The number of anilines is 1. The van der Waals surface area contributed by atoms with Gasteiger partial charge in [0.15, 0.2) is 0 Å². The molecule has 0 spiro atoms. The topological polar surface area (TPSA) is 63.0 Å². The number of aromatic nitrogens is 3. The van der Waals surface area contributed by atoms with Crippen LogP contribution in [0.1, 0.15) is 10.6 Å². The highest BCUT2D eigenvalue weighted by Crippen LogP contribution is 2.14. The van der Waals surface area contributed by atoms with Crippen molar-refractivity contribution in [3.63, 3.8) is 0 Å². The molecule has 0 aliphatic carbocycles. The lowest BCUT2D eigenvalue weighted by Gasteiger charge is -2.06. The van der Waals surface area contributed by atoms with Gasteiger partial charge < -0.3 is 10.4 Å². The molecular formula is C15H16N4OS. The van der Waals surface area contributed by atoms with Crippen LogP contribution in [0.3, 0.4) is 0 Å². The predicted molar refractivity (Wildman–Crippen MR) is 83.8 cm³/mol. The first-order valence-corrected chi connectivity index (χ1v) is 7.62. The number of nitrogens with zero attached hydrogens (tertiary/aromatic N) is 3. The lowest BCUT2D eigenvalue weighted by Crippen LogP contribution is -2.04. The highest BCUT2D eigenvalue weighted by Gasteiger charge is 2.02. The van der Waals surface area contributed by atoms with E-state index in [0.717, 1.165) is 24.3 Å². The summed E-state index contributed by atoms with van der Waals surface area (Å²) >= 11 is 1.78. The van der Waals surface area contributed by atoms with Gasteiger partial charge in [-0.2, -0.15) is 0 Å². The zero-order chi connectivity index (χ0) is 14.5. The molecule has 0 amide bonds. The highest BCUT2D eigenvalue weighted by molar-refractivity contribution is 7.09. The van der Waals surface area contributed by atoms with Gasteiger partial charge in [-0.25, -0.2) is 4.68 Å². The fraction of sp³-hybridized carbons (Fsp3) is 0.200. The van der Waals surface area contributed by atoms with E-state index >= 15 is 0 Å². The fourth-order valence-corrected chi connectivity index (χ4v) is 2.72. The molecule has 5 nitrogen and oxygen atoms in total. The molecule has 0 atom stereocenters. The van der Waals surface area contributed by atoms with Crippen LogP contribution < -0.4 is 5.32 Å². The maximum Gasteiger partial charge on any atom is 0.109 e. The van der Waals surface area contributed by atoms with Gasteiger partial charge in [0, 0.05) is 17.1 Å². The molecule has 2 heterocycles. The minimum absolute atomic E-state index is 0.0949. The van der Waals surface area contributed by atoms with Gasteiger partial charge in [0.1, 0.15) is 5.69 Å². The molecule has 0 aliphatic rings. The number of thiophene rings is 1. The van der Waals surface area contributed by atoms with E-state index in [1.807, 2.05) is 24.3 Å². The van der Waals surface area contributed by atoms with Crippen LogP contribution in [-0.4, -0.2) is 26.6 Å². The van der Waals surface area contributed by atoms with Gasteiger partial charge in [0.05, 0.1) is 18.5 Å². The van der Waals surface area contributed by atoms with Crippen molar-refractivity contribution in [2.75, 3.05) is 11.9 Å². The highest BCUT2D eigenvalue weighted by atomic mass is 32.1. The SMILES string of the molecule is OCc1cn(-c2ccc(NCCc3cccs3)cc2)nn1. The van der Waals surface area contributed by atoms with Crippen LogP contribution >= 0.6 is 11.3 Å². The second kappa shape index (κ2) is 6.51. The minimum Gasteiger partial charge on any atom is -0.390 e. The van der Waals surface area contributed by atoms with Crippen molar-refractivity contribution in [3.05, 3.63) is 58.5 Å². The summed E-state index contributed by atoms with van der Waals surface area (Å²) in [4.78, 5) is 1.39. The molecule has 3 aromatic rings. The molecule has 0 saturated carbocycles. The molecule has 0 saturated heterocycles. The van der Waals surface area contributed by atoms with E-state index in [0.29, 0.717) is 5.69 Å². The van der Waals surface area contributed by atoms with E-state index in [-0.39, 0.29) is 6.61 Å². The van der Waals surface area contributed by atoms with Gasteiger partial charge in [-0.15, -0.1) is 16.4 Å². The molecule has 0 radical (unpaired) electrons. The second-order valence-corrected chi connectivity index (χ2v) is 5.65. The van der Waals surface area contributed by atoms with Gasteiger partial charge in [0.25, 0.3) is 0 Å². The largest absolute Gasteiger partial charge is 0.390 e. The van der Waals surface area contributed by atoms with E-state index in [2.05, 4.69) is 33.1 Å². The molecule has 6 heteroatoms. The number of nitrogens with one attached hydrogen (secondary N) is 1. The summed E-state index contributed by atoms with van der Waals surface area (Å²) < 4.78 is 1.65. The fourth-order valence-electron chi connectivity index (χ4n) is 2.01. The van der Waals surface area contributed by atoms with E-state index < -0.39 is 0 Å². The Morgan fingerprint density at radius 1 is 1.19 bits per heavy atom.